The van der Waals surface area contributed by atoms with Crippen molar-refractivity contribution < 1.29 is 9.59 Å². The Morgan fingerprint density at radius 1 is 0.963 bits per heavy atom. The van der Waals surface area contributed by atoms with Gasteiger partial charge in [-0.1, -0.05) is 6.92 Å². The molecule has 1 aromatic rings. The Kier molecular flexibility index (Phi) is 5.37. The molecular weight excluding hydrogens is 338 g/mol. The second-order valence-corrected chi connectivity index (χ2v) is 8.56. The lowest BCUT2D eigenvalue weighted by Gasteiger charge is -2.31. The molecule has 0 aromatic heterocycles. The average molecular weight is 370 g/mol. The van der Waals surface area contributed by atoms with Crippen molar-refractivity contribution >= 4 is 23.2 Å². The molecule has 5 heteroatoms. The van der Waals surface area contributed by atoms with Crippen molar-refractivity contribution in [2.24, 2.45) is 17.8 Å². The molecule has 0 bridgehead atoms. The summed E-state index contributed by atoms with van der Waals surface area (Å²) in [6.07, 6.45) is 6.81. The molecule has 3 aliphatic rings. The molecule has 1 aliphatic carbocycles. The monoisotopic (exact) mass is 369 g/mol. The predicted molar refractivity (Wildman–Crippen MR) is 108 cm³/mol. The van der Waals surface area contributed by atoms with Crippen molar-refractivity contribution in [1.29, 1.82) is 0 Å². The van der Waals surface area contributed by atoms with Crippen LogP contribution in [0.5, 0.6) is 0 Å². The zero-order chi connectivity index (χ0) is 18.8. The van der Waals surface area contributed by atoms with Crippen molar-refractivity contribution in [1.82, 2.24) is 4.90 Å². The molecule has 27 heavy (non-hydrogen) atoms. The molecule has 4 rings (SSSR count). The van der Waals surface area contributed by atoms with Gasteiger partial charge in [-0.25, -0.2) is 0 Å². The maximum atomic E-state index is 12.6. The van der Waals surface area contributed by atoms with E-state index < -0.39 is 0 Å². The van der Waals surface area contributed by atoms with E-state index in [2.05, 4.69) is 29.3 Å². The van der Waals surface area contributed by atoms with Crippen LogP contribution in [0, 0.1) is 17.8 Å². The van der Waals surface area contributed by atoms with Gasteiger partial charge in [0.05, 0.1) is 11.8 Å². The molecule has 1 saturated carbocycles. The second-order valence-electron chi connectivity index (χ2n) is 8.56. The number of amides is 2. The van der Waals surface area contributed by atoms with Crippen molar-refractivity contribution in [2.45, 2.75) is 45.4 Å². The molecule has 2 aliphatic heterocycles. The van der Waals surface area contributed by atoms with Crippen LogP contribution in [0.4, 0.5) is 11.4 Å². The van der Waals surface area contributed by atoms with Crippen LogP contribution in [0.25, 0.3) is 0 Å². The zero-order valence-electron chi connectivity index (χ0n) is 16.3. The fourth-order valence-corrected chi connectivity index (χ4v) is 4.52. The van der Waals surface area contributed by atoms with E-state index in [0.29, 0.717) is 12.3 Å². The molecule has 146 valence electrons. The number of benzene rings is 1. The number of likely N-dealkylation sites (tertiary alicyclic amines) is 1. The van der Waals surface area contributed by atoms with Crippen LogP contribution in [0.1, 0.15) is 45.4 Å². The first-order chi connectivity index (χ1) is 13.1. The van der Waals surface area contributed by atoms with E-state index in [1.54, 1.807) is 0 Å². The van der Waals surface area contributed by atoms with Crippen molar-refractivity contribution in [2.75, 3.05) is 36.4 Å². The molecule has 3 atom stereocenters. The Morgan fingerprint density at radius 2 is 1.70 bits per heavy atom. The Balaban J connectivity index is 1.29. The first-order valence-electron chi connectivity index (χ1n) is 10.6. The second kappa shape index (κ2) is 7.91. The third kappa shape index (κ3) is 4.28. The molecule has 1 N–H and O–H groups in total. The normalized spacial score (nSPS) is 28.0. The van der Waals surface area contributed by atoms with Crippen LogP contribution in [0.2, 0.25) is 0 Å². The smallest absolute Gasteiger partial charge is 0.228 e. The molecule has 1 aromatic carbocycles. The van der Waals surface area contributed by atoms with Crippen molar-refractivity contribution in [3.8, 4) is 0 Å². The third-order valence-electron chi connectivity index (χ3n) is 6.27. The first kappa shape index (κ1) is 18.3. The van der Waals surface area contributed by atoms with Gasteiger partial charge in [-0.2, -0.15) is 0 Å². The van der Waals surface area contributed by atoms with E-state index in [9.17, 15) is 9.59 Å². The molecule has 5 nitrogen and oxygen atoms in total. The first-order valence-corrected chi connectivity index (χ1v) is 10.6. The molecule has 0 spiro atoms. The summed E-state index contributed by atoms with van der Waals surface area (Å²) in [6, 6.07) is 8.14. The lowest BCUT2D eigenvalue weighted by molar-refractivity contribution is -0.135. The summed E-state index contributed by atoms with van der Waals surface area (Å²) in [5, 5.41) is 3.00. The molecular formula is C22H31N3O2. The van der Waals surface area contributed by atoms with E-state index in [4.69, 9.17) is 0 Å². The summed E-state index contributed by atoms with van der Waals surface area (Å²) in [5.74, 6) is 0.484. The van der Waals surface area contributed by atoms with E-state index >= 15 is 0 Å². The largest absolute Gasteiger partial charge is 0.372 e. The number of carbonyl (C=O) groups excluding carboxylic acids is 2. The van der Waals surface area contributed by atoms with E-state index in [1.807, 2.05) is 17.0 Å². The highest BCUT2D eigenvalue weighted by atomic mass is 16.2. The van der Waals surface area contributed by atoms with Gasteiger partial charge in [-0.15, -0.1) is 0 Å². The van der Waals surface area contributed by atoms with Crippen LogP contribution < -0.4 is 10.2 Å². The minimum absolute atomic E-state index is 0.0101. The lowest BCUT2D eigenvalue weighted by Crippen LogP contribution is -2.40. The highest BCUT2D eigenvalue weighted by Crippen LogP contribution is 2.41. The fraction of sp³-hybridized carbons (Fsp3) is 0.636. The Bertz CT molecular complexity index is 681. The Hall–Kier alpha value is -2.04. The van der Waals surface area contributed by atoms with Gasteiger partial charge in [0.2, 0.25) is 11.8 Å². The van der Waals surface area contributed by atoms with Crippen LogP contribution >= 0.6 is 0 Å². The summed E-state index contributed by atoms with van der Waals surface area (Å²) in [6.45, 7) is 6.14. The van der Waals surface area contributed by atoms with Gasteiger partial charge in [0.1, 0.15) is 0 Å². The maximum absolute atomic E-state index is 12.6. The van der Waals surface area contributed by atoms with Gasteiger partial charge in [-0.05, 0) is 68.7 Å². The van der Waals surface area contributed by atoms with Gasteiger partial charge >= 0.3 is 0 Å². The Morgan fingerprint density at radius 3 is 2.41 bits per heavy atom. The van der Waals surface area contributed by atoms with Gasteiger partial charge in [0.15, 0.2) is 0 Å². The number of anilines is 2. The highest BCUT2D eigenvalue weighted by molar-refractivity contribution is 5.99. The van der Waals surface area contributed by atoms with Gasteiger partial charge < -0.3 is 15.1 Å². The molecule has 3 unspecified atom stereocenters. The quantitative estimate of drug-likeness (QED) is 0.884. The van der Waals surface area contributed by atoms with E-state index in [1.165, 1.54) is 31.4 Å². The van der Waals surface area contributed by atoms with E-state index in [0.717, 1.165) is 38.3 Å². The van der Waals surface area contributed by atoms with Gasteiger partial charge in [0, 0.05) is 37.6 Å². The predicted octanol–water partition coefficient (Wildman–Crippen LogP) is 3.51. The van der Waals surface area contributed by atoms with Crippen LogP contribution in [0.15, 0.2) is 24.3 Å². The third-order valence-corrected chi connectivity index (χ3v) is 6.27. The lowest BCUT2D eigenvalue weighted by atomic mass is 10.00. The maximum Gasteiger partial charge on any atom is 0.228 e. The summed E-state index contributed by atoms with van der Waals surface area (Å²) in [5.41, 5.74) is 2.05. The SMILES string of the molecule is CC1CCCN(C(=O)C2CC2C(=O)Nc2ccc(N3CCCCC3)cc2)C1. The van der Waals surface area contributed by atoms with Crippen LogP contribution in [-0.4, -0.2) is 42.9 Å². The van der Waals surface area contributed by atoms with Crippen molar-refractivity contribution in [3.05, 3.63) is 24.3 Å². The summed E-state index contributed by atoms with van der Waals surface area (Å²) < 4.78 is 0. The number of nitrogens with one attached hydrogen (secondary N) is 1. The molecule has 3 fully saturated rings. The fourth-order valence-electron chi connectivity index (χ4n) is 4.52. The number of hydrogen-bond acceptors (Lipinski definition) is 3. The number of piperidine rings is 2. The number of hydrogen-bond donors (Lipinski definition) is 1. The average Bonchev–Trinajstić information content (AvgIpc) is 3.50. The van der Waals surface area contributed by atoms with Crippen LogP contribution in [0.3, 0.4) is 0 Å². The minimum Gasteiger partial charge on any atom is -0.372 e. The van der Waals surface area contributed by atoms with Crippen molar-refractivity contribution in [3.63, 3.8) is 0 Å². The summed E-state index contributed by atoms with van der Waals surface area (Å²) >= 11 is 0. The number of carbonyl (C=O) groups is 2. The highest BCUT2D eigenvalue weighted by Gasteiger charge is 2.49. The molecule has 2 saturated heterocycles. The standard InChI is InChI=1S/C22H31N3O2/c1-16-6-5-13-25(15-16)22(27)20-14-19(20)21(26)23-17-7-9-18(10-8-17)24-11-3-2-4-12-24/h7-10,16,19-20H,2-6,11-15H2,1H3,(H,23,26). The summed E-state index contributed by atoms with van der Waals surface area (Å²) in [4.78, 5) is 29.5. The Labute approximate surface area is 162 Å². The number of nitrogens with zero attached hydrogens (tertiary/aromatic N) is 2. The van der Waals surface area contributed by atoms with Gasteiger partial charge in [-0.3, -0.25) is 9.59 Å². The topological polar surface area (TPSA) is 52.7 Å². The molecule has 0 radical (unpaired) electrons. The van der Waals surface area contributed by atoms with Crippen LogP contribution in [-0.2, 0) is 9.59 Å². The molecule has 2 amide bonds. The number of rotatable bonds is 4. The van der Waals surface area contributed by atoms with Gasteiger partial charge in [0.25, 0.3) is 0 Å². The van der Waals surface area contributed by atoms with E-state index in [-0.39, 0.29) is 23.7 Å². The minimum atomic E-state index is -0.156. The summed E-state index contributed by atoms with van der Waals surface area (Å²) in [7, 11) is 0. The molecule has 2 heterocycles. The zero-order valence-corrected chi connectivity index (χ0v) is 16.3.